The zero-order valence-corrected chi connectivity index (χ0v) is 17.0. The van der Waals surface area contributed by atoms with Crippen molar-refractivity contribution >= 4 is 25.6 Å². The number of sulfone groups is 2. The van der Waals surface area contributed by atoms with Crippen LogP contribution in [0.1, 0.15) is 25.3 Å². The molecule has 1 amide bonds. The van der Waals surface area contributed by atoms with E-state index in [1.807, 2.05) is 11.8 Å². The minimum atomic E-state index is -3.78. The number of primary amides is 1. The van der Waals surface area contributed by atoms with Gasteiger partial charge in [0, 0.05) is 12.0 Å². The number of hydrogen-bond acceptors (Lipinski definition) is 6. The Labute approximate surface area is 160 Å². The summed E-state index contributed by atoms with van der Waals surface area (Å²) in [5.74, 6) is -1.10. The Morgan fingerprint density at radius 3 is 2.26 bits per heavy atom. The van der Waals surface area contributed by atoms with Crippen LogP contribution in [-0.4, -0.2) is 63.5 Å². The zero-order valence-electron chi connectivity index (χ0n) is 15.4. The van der Waals surface area contributed by atoms with Crippen molar-refractivity contribution in [3.05, 3.63) is 29.8 Å². The van der Waals surface area contributed by atoms with Crippen molar-refractivity contribution in [2.24, 2.45) is 11.7 Å². The molecule has 0 aromatic heterocycles. The number of carbonyl (C=O) groups excluding carboxylic acids is 1. The number of aryl methyl sites for hydroxylation is 1. The Hall–Kier alpha value is -1.45. The summed E-state index contributed by atoms with van der Waals surface area (Å²) >= 11 is 0. The van der Waals surface area contributed by atoms with Crippen molar-refractivity contribution in [2.45, 2.75) is 42.4 Å². The Morgan fingerprint density at radius 2 is 1.74 bits per heavy atom. The molecule has 1 aromatic carbocycles. The lowest BCUT2D eigenvalue weighted by Crippen LogP contribution is -2.50. The van der Waals surface area contributed by atoms with E-state index in [9.17, 15) is 21.6 Å². The Kier molecular flexibility index (Phi) is 5.65. The molecule has 27 heavy (non-hydrogen) atoms. The lowest BCUT2D eigenvalue weighted by atomic mass is 9.95. The molecule has 2 heterocycles. The summed E-state index contributed by atoms with van der Waals surface area (Å²) in [5.41, 5.74) is 6.38. The number of nitrogens with two attached hydrogens (primary N) is 1. The average Bonchev–Trinajstić information content (AvgIpc) is 2.98. The molecule has 0 saturated carbocycles. The number of amides is 1. The summed E-state index contributed by atoms with van der Waals surface area (Å²) in [5, 5.41) is -0.986. The van der Waals surface area contributed by atoms with Gasteiger partial charge in [-0.15, -0.1) is 0 Å². The van der Waals surface area contributed by atoms with Crippen molar-refractivity contribution in [3.8, 4) is 0 Å². The van der Waals surface area contributed by atoms with Crippen LogP contribution in [0, 0.1) is 5.92 Å². The van der Waals surface area contributed by atoms with Gasteiger partial charge in [0.15, 0.2) is 19.7 Å². The first-order valence-corrected chi connectivity index (χ1v) is 12.6. The van der Waals surface area contributed by atoms with Crippen molar-refractivity contribution in [2.75, 3.05) is 24.6 Å². The van der Waals surface area contributed by atoms with Gasteiger partial charge in [0.1, 0.15) is 0 Å². The fourth-order valence-corrected chi connectivity index (χ4v) is 8.87. The third-order valence-corrected chi connectivity index (χ3v) is 9.87. The van der Waals surface area contributed by atoms with Crippen LogP contribution in [0.3, 0.4) is 0 Å². The summed E-state index contributed by atoms with van der Waals surface area (Å²) in [6.45, 7) is 2.95. The molecule has 9 heteroatoms. The quantitative estimate of drug-likeness (QED) is 0.745. The third kappa shape index (κ3) is 4.20. The highest BCUT2D eigenvalue weighted by molar-refractivity contribution is 7.96. The number of hydrogen-bond donors (Lipinski definition) is 1. The predicted octanol–water partition coefficient (Wildman–Crippen LogP) is 0.386. The van der Waals surface area contributed by atoms with Crippen LogP contribution >= 0.6 is 0 Å². The topological polar surface area (TPSA) is 115 Å². The van der Waals surface area contributed by atoms with Crippen LogP contribution in [0.5, 0.6) is 0 Å². The molecule has 150 valence electrons. The molecule has 0 aliphatic carbocycles. The van der Waals surface area contributed by atoms with Crippen LogP contribution in [0.15, 0.2) is 29.2 Å². The molecule has 3 rings (SSSR count). The molecule has 2 aliphatic rings. The molecule has 1 aromatic rings. The van der Waals surface area contributed by atoms with Gasteiger partial charge in [-0.25, -0.2) is 16.8 Å². The second kappa shape index (κ2) is 7.52. The molecule has 0 unspecified atom stereocenters. The molecule has 0 bridgehead atoms. The smallest absolute Gasteiger partial charge is 0.220 e. The van der Waals surface area contributed by atoms with Gasteiger partial charge in [-0.1, -0.05) is 19.1 Å². The van der Waals surface area contributed by atoms with Crippen molar-refractivity contribution < 1.29 is 21.6 Å². The molecule has 0 spiro atoms. The molecule has 2 atom stereocenters. The first kappa shape index (κ1) is 20.3. The van der Waals surface area contributed by atoms with Crippen LogP contribution in [0.2, 0.25) is 0 Å². The number of carbonyl (C=O) groups is 1. The highest BCUT2D eigenvalue weighted by Gasteiger charge is 2.48. The van der Waals surface area contributed by atoms with E-state index in [2.05, 4.69) is 0 Å². The second-order valence-corrected chi connectivity index (χ2v) is 11.8. The normalized spacial score (nSPS) is 26.9. The van der Waals surface area contributed by atoms with E-state index in [4.69, 9.17) is 5.73 Å². The maximum atomic E-state index is 13.2. The first-order chi connectivity index (χ1) is 12.6. The fraction of sp³-hybridized carbons (Fsp3) is 0.611. The number of nitrogens with zero attached hydrogens (tertiary/aromatic N) is 1. The summed E-state index contributed by atoms with van der Waals surface area (Å²) < 4.78 is 50.9. The van der Waals surface area contributed by atoms with Gasteiger partial charge in [-0.2, -0.15) is 0 Å². The molecule has 2 aliphatic heterocycles. The zero-order chi connectivity index (χ0) is 19.8. The summed E-state index contributed by atoms with van der Waals surface area (Å²) in [7, 11) is -7.22. The Balaban J connectivity index is 1.86. The fourth-order valence-electron chi connectivity index (χ4n) is 4.04. The number of likely N-dealkylation sites (tertiary alicyclic amines) is 1. The molecular formula is C18H26N2O5S2. The highest BCUT2D eigenvalue weighted by Crippen LogP contribution is 2.31. The van der Waals surface area contributed by atoms with E-state index in [0.29, 0.717) is 25.9 Å². The van der Waals surface area contributed by atoms with E-state index in [0.717, 1.165) is 12.0 Å². The number of rotatable bonds is 5. The molecule has 0 radical (unpaired) electrons. The minimum absolute atomic E-state index is 0.162. The van der Waals surface area contributed by atoms with Gasteiger partial charge < -0.3 is 5.73 Å². The standard InChI is InChI=1S/C18H26N2O5S2/c1-2-13-3-5-15(6-4-13)27(24,25)17-12-26(22,23)11-16(17)20-9-7-14(8-10-20)18(19)21/h3-6,14,16-17H,2,7-12H2,1H3,(H2,19,21)/t16-,17+/m1/s1. The van der Waals surface area contributed by atoms with Gasteiger partial charge in [0.25, 0.3) is 0 Å². The lowest BCUT2D eigenvalue weighted by molar-refractivity contribution is -0.123. The summed E-state index contributed by atoms with van der Waals surface area (Å²) in [4.78, 5) is 13.4. The highest BCUT2D eigenvalue weighted by atomic mass is 32.2. The largest absolute Gasteiger partial charge is 0.369 e. The molecular weight excluding hydrogens is 388 g/mol. The van der Waals surface area contributed by atoms with Gasteiger partial charge >= 0.3 is 0 Å². The SMILES string of the molecule is CCc1ccc(S(=O)(=O)[C@H]2CS(=O)(=O)C[C@H]2N2CCC(C(N)=O)CC2)cc1. The van der Waals surface area contributed by atoms with Gasteiger partial charge in [-0.3, -0.25) is 9.69 Å². The first-order valence-electron chi connectivity index (χ1n) is 9.20. The molecule has 2 fully saturated rings. The Morgan fingerprint density at radius 1 is 1.15 bits per heavy atom. The van der Waals surface area contributed by atoms with Crippen molar-refractivity contribution in [1.82, 2.24) is 4.90 Å². The van der Waals surface area contributed by atoms with Crippen LogP contribution in [-0.2, 0) is 30.9 Å². The van der Waals surface area contributed by atoms with E-state index in [1.165, 1.54) is 0 Å². The minimum Gasteiger partial charge on any atom is -0.369 e. The van der Waals surface area contributed by atoms with Crippen molar-refractivity contribution in [1.29, 1.82) is 0 Å². The van der Waals surface area contributed by atoms with Crippen molar-refractivity contribution in [3.63, 3.8) is 0 Å². The number of benzene rings is 1. The van der Waals surface area contributed by atoms with Crippen LogP contribution < -0.4 is 5.73 Å². The van der Waals surface area contributed by atoms with E-state index < -0.39 is 31.0 Å². The monoisotopic (exact) mass is 414 g/mol. The predicted molar refractivity (Wildman–Crippen MR) is 103 cm³/mol. The van der Waals surface area contributed by atoms with E-state index in [1.54, 1.807) is 24.3 Å². The molecule has 2 saturated heterocycles. The van der Waals surface area contributed by atoms with E-state index in [-0.39, 0.29) is 28.2 Å². The maximum absolute atomic E-state index is 13.2. The average molecular weight is 415 g/mol. The molecule has 2 N–H and O–H groups in total. The van der Waals surface area contributed by atoms with Crippen LogP contribution in [0.25, 0.3) is 0 Å². The molecule has 7 nitrogen and oxygen atoms in total. The van der Waals surface area contributed by atoms with E-state index >= 15 is 0 Å². The lowest BCUT2D eigenvalue weighted by Gasteiger charge is -2.36. The van der Waals surface area contributed by atoms with Gasteiger partial charge in [0.2, 0.25) is 5.91 Å². The number of piperidine rings is 1. The van der Waals surface area contributed by atoms with Gasteiger partial charge in [0.05, 0.1) is 21.7 Å². The van der Waals surface area contributed by atoms with Crippen LogP contribution in [0.4, 0.5) is 0 Å². The maximum Gasteiger partial charge on any atom is 0.220 e. The Bertz CT molecular complexity index is 902. The third-order valence-electron chi connectivity index (χ3n) is 5.73. The summed E-state index contributed by atoms with van der Waals surface area (Å²) in [6.07, 6.45) is 1.86. The van der Waals surface area contributed by atoms with Gasteiger partial charge in [-0.05, 0) is 50.0 Å². The summed E-state index contributed by atoms with van der Waals surface area (Å²) in [6, 6.07) is 6.08. The second-order valence-electron chi connectivity index (χ2n) is 7.44.